The molecule has 4 aliphatic rings. The van der Waals surface area contributed by atoms with Gasteiger partial charge in [0.25, 0.3) is 0 Å². The van der Waals surface area contributed by atoms with Gasteiger partial charge < -0.3 is 0 Å². The number of carbonyl (C=O) groups is 1. The first-order chi connectivity index (χ1) is 13.7. The van der Waals surface area contributed by atoms with E-state index in [0.29, 0.717) is 23.0 Å². The summed E-state index contributed by atoms with van der Waals surface area (Å²) in [6.45, 7) is 16.6. The fourth-order valence-electron chi connectivity index (χ4n) is 8.51. The van der Waals surface area contributed by atoms with Crippen LogP contribution in [-0.2, 0) is 4.79 Å². The highest BCUT2D eigenvalue weighted by molar-refractivity contribution is 5.91. The van der Waals surface area contributed by atoms with Crippen LogP contribution in [0.4, 0.5) is 0 Å². The normalized spacial score (nSPS) is 44.9. The third-order valence-corrected chi connectivity index (χ3v) is 10.5. The van der Waals surface area contributed by atoms with Crippen molar-refractivity contribution < 1.29 is 4.79 Å². The van der Waals surface area contributed by atoms with Crippen LogP contribution >= 0.6 is 0 Å². The summed E-state index contributed by atoms with van der Waals surface area (Å²) >= 11 is 0. The highest BCUT2D eigenvalue weighted by atomic mass is 16.1. The largest absolute Gasteiger partial charge is 0.295 e. The Kier molecular flexibility index (Phi) is 5.67. The molecule has 0 aromatic rings. The van der Waals surface area contributed by atoms with Crippen LogP contribution in [0.2, 0.25) is 0 Å². The summed E-state index contributed by atoms with van der Waals surface area (Å²) < 4.78 is 0. The number of rotatable bonds is 5. The molecule has 162 valence electrons. The molecule has 1 heteroatoms. The molecule has 3 fully saturated rings. The molecule has 8 atom stereocenters. The predicted molar refractivity (Wildman–Crippen MR) is 123 cm³/mol. The monoisotopic (exact) mass is 396 g/mol. The topological polar surface area (TPSA) is 17.1 Å². The summed E-state index contributed by atoms with van der Waals surface area (Å²) in [5, 5.41) is 0. The fourth-order valence-corrected chi connectivity index (χ4v) is 8.51. The third kappa shape index (κ3) is 3.49. The SMILES string of the molecule is C=C(CC[C@@H](C)[C@H]1CC[C@H]2[C@@H]3CCC4CC(=O)C=C[C@]4(C)[C@H]3CC[C@]12C)C(C)C. The second-order valence-corrected chi connectivity index (χ2v) is 12.1. The number of hydrogen-bond donors (Lipinski definition) is 0. The van der Waals surface area contributed by atoms with Crippen molar-refractivity contribution in [3.05, 3.63) is 24.3 Å². The maximum atomic E-state index is 12.0. The molecule has 0 N–H and O–H groups in total. The van der Waals surface area contributed by atoms with Crippen LogP contribution in [0.3, 0.4) is 0 Å². The zero-order valence-electron chi connectivity index (χ0n) is 19.7. The second-order valence-electron chi connectivity index (χ2n) is 12.1. The molecule has 0 amide bonds. The zero-order chi connectivity index (χ0) is 21.0. The lowest BCUT2D eigenvalue weighted by Crippen LogP contribution is -2.52. The quantitative estimate of drug-likeness (QED) is 0.437. The van der Waals surface area contributed by atoms with Gasteiger partial charge in [0.1, 0.15) is 0 Å². The van der Waals surface area contributed by atoms with Crippen LogP contribution in [0.15, 0.2) is 24.3 Å². The van der Waals surface area contributed by atoms with Gasteiger partial charge in [-0.3, -0.25) is 4.79 Å². The van der Waals surface area contributed by atoms with Gasteiger partial charge in [-0.05, 0) is 110 Å². The van der Waals surface area contributed by atoms with Crippen LogP contribution in [0.25, 0.3) is 0 Å². The van der Waals surface area contributed by atoms with Crippen LogP contribution < -0.4 is 0 Å². The van der Waals surface area contributed by atoms with Crippen LogP contribution in [0.1, 0.15) is 92.4 Å². The van der Waals surface area contributed by atoms with Crippen LogP contribution in [0, 0.1) is 52.3 Å². The summed E-state index contributed by atoms with van der Waals surface area (Å²) in [6, 6.07) is 0. The Bertz CT molecular complexity index is 686. The predicted octanol–water partition coefficient (Wildman–Crippen LogP) is 7.62. The summed E-state index contributed by atoms with van der Waals surface area (Å²) in [6.07, 6.45) is 15.9. The highest BCUT2D eigenvalue weighted by Crippen LogP contribution is 2.67. The minimum absolute atomic E-state index is 0.275. The van der Waals surface area contributed by atoms with Crippen molar-refractivity contribution in [3.63, 3.8) is 0 Å². The van der Waals surface area contributed by atoms with Gasteiger partial charge in [0.2, 0.25) is 0 Å². The lowest BCUT2D eigenvalue weighted by molar-refractivity contribution is -0.122. The fraction of sp³-hybridized carbons (Fsp3) is 0.821. The third-order valence-electron chi connectivity index (χ3n) is 10.5. The summed E-state index contributed by atoms with van der Waals surface area (Å²) in [5.74, 6) is 5.89. The molecule has 0 heterocycles. The van der Waals surface area contributed by atoms with E-state index in [-0.39, 0.29) is 5.41 Å². The van der Waals surface area contributed by atoms with E-state index in [1.165, 1.54) is 56.9 Å². The minimum Gasteiger partial charge on any atom is -0.295 e. The molecule has 0 aromatic heterocycles. The molecule has 29 heavy (non-hydrogen) atoms. The summed E-state index contributed by atoms with van der Waals surface area (Å²) in [5.41, 5.74) is 2.25. The first kappa shape index (κ1) is 21.4. The van der Waals surface area contributed by atoms with Crippen molar-refractivity contribution >= 4 is 5.78 Å². The van der Waals surface area contributed by atoms with Gasteiger partial charge in [0.15, 0.2) is 5.78 Å². The van der Waals surface area contributed by atoms with Gasteiger partial charge in [0, 0.05) is 6.42 Å². The minimum atomic E-state index is 0.275. The van der Waals surface area contributed by atoms with Gasteiger partial charge in [-0.1, -0.05) is 52.8 Å². The molecule has 0 spiro atoms. The molecule has 0 aromatic carbocycles. The number of ketones is 1. The standard InChI is InChI=1S/C28H44O/c1-18(2)19(3)7-8-20(4)24-11-12-25-23-10-9-21-17-22(29)13-15-27(21,5)26(23)14-16-28(24,25)6/h13,15,18,20-21,23-26H,3,7-12,14,16-17H2,1-2,4-6H3/t20-,21?,23+,24-,25+,26+,27+,28-/m1/s1. The Morgan fingerprint density at radius 2 is 1.86 bits per heavy atom. The van der Waals surface area contributed by atoms with Crippen LogP contribution in [0.5, 0.6) is 0 Å². The molecule has 0 aliphatic heterocycles. The number of hydrogen-bond acceptors (Lipinski definition) is 1. The van der Waals surface area contributed by atoms with Crippen LogP contribution in [-0.4, -0.2) is 5.78 Å². The van der Waals surface area contributed by atoms with E-state index in [9.17, 15) is 4.79 Å². The lowest BCUT2D eigenvalue weighted by Gasteiger charge is -2.59. The van der Waals surface area contributed by atoms with E-state index in [4.69, 9.17) is 0 Å². The number of allylic oxidation sites excluding steroid dienone is 3. The first-order valence-corrected chi connectivity index (χ1v) is 12.6. The molecular weight excluding hydrogens is 352 g/mol. The molecule has 1 unspecified atom stereocenters. The molecule has 1 nitrogen and oxygen atoms in total. The van der Waals surface area contributed by atoms with Gasteiger partial charge >= 0.3 is 0 Å². The van der Waals surface area contributed by atoms with Gasteiger partial charge in [-0.25, -0.2) is 0 Å². The first-order valence-electron chi connectivity index (χ1n) is 12.6. The van der Waals surface area contributed by atoms with E-state index in [2.05, 4.69) is 47.3 Å². The Balaban J connectivity index is 1.49. The average molecular weight is 397 g/mol. The Morgan fingerprint density at radius 3 is 2.59 bits per heavy atom. The molecule has 4 aliphatic carbocycles. The second kappa shape index (κ2) is 7.69. The lowest BCUT2D eigenvalue weighted by atomic mass is 9.45. The van der Waals surface area contributed by atoms with Gasteiger partial charge in [-0.15, -0.1) is 0 Å². The molecule has 0 bridgehead atoms. The van der Waals surface area contributed by atoms with Crippen molar-refractivity contribution in [1.29, 1.82) is 0 Å². The van der Waals surface area contributed by atoms with Crippen molar-refractivity contribution in [2.75, 3.05) is 0 Å². The maximum Gasteiger partial charge on any atom is 0.155 e. The highest BCUT2D eigenvalue weighted by Gasteiger charge is 2.59. The van der Waals surface area contributed by atoms with E-state index >= 15 is 0 Å². The molecule has 0 saturated heterocycles. The average Bonchev–Trinajstić information content (AvgIpc) is 3.03. The Hall–Kier alpha value is -0.850. The van der Waals surface area contributed by atoms with Crippen molar-refractivity contribution in [3.8, 4) is 0 Å². The zero-order valence-corrected chi connectivity index (χ0v) is 19.7. The summed E-state index contributed by atoms with van der Waals surface area (Å²) in [7, 11) is 0. The Morgan fingerprint density at radius 1 is 1.10 bits per heavy atom. The van der Waals surface area contributed by atoms with E-state index in [1.807, 2.05) is 6.08 Å². The summed E-state index contributed by atoms with van der Waals surface area (Å²) in [4.78, 5) is 12.0. The maximum absolute atomic E-state index is 12.0. The molecule has 0 radical (unpaired) electrons. The smallest absolute Gasteiger partial charge is 0.155 e. The van der Waals surface area contributed by atoms with Crippen molar-refractivity contribution in [2.24, 2.45) is 52.3 Å². The molecule has 3 saturated carbocycles. The molecule has 4 rings (SSSR count). The molecular formula is C28H44O. The van der Waals surface area contributed by atoms with E-state index in [1.54, 1.807) is 0 Å². The van der Waals surface area contributed by atoms with E-state index < -0.39 is 0 Å². The van der Waals surface area contributed by atoms with Gasteiger partial charge in [0.05, 0.1) is 0 Å². The van der Waals surface area contributed by atoms with Crippen molar-refractivity contribution in [2.45, 2.75) is 92.4 Å². The number of carbonyl (C=O) groups excluding carboxylic acids is 1. The van der Waals surface area contributed by atoms with E-state index in [0.717, 1.165) is 36.0 Å². The number of fused-ring (bicyclic) bond motifs is 5. The van der Waals surface area contributed by atoms with Crippen molar-refractivity contribution in [1.82, 2.24) is 0 Å². The Labute approximate surface area is 179 Å². The van der Waals surface area contributed by atoms with Gasteiger partial charge in [-0.2, -0.15) is 0 Å².